The first-order valence-electron chi connectivity index (χ1n) is 10.5. The molecule has 0 amide bonds. The highest BCUT2D eigenvalue weighted by Crippen LogP contribution is 2.49. The van der Waals surface area contributed by atoms with Crippen molar-refractivity contribution >= 4 is 29.1 Å². The number of hydrogen-bond donors (Lipinski definition) is 1. The Bertz CT molecular complexity index is 1180. The maximum Gasteiger partial charge on any atom is 0.336 e. The predicted molar refractivity (Wildman–Crippen MR) is 122 cm³/mol. The number of benzene rings is 2. The molecule has 0 unspecified atom stereocenters. The number of carbonyl (C=O) groups excluding carboxylic acids is 2. The van der Waals surface area contributed by atoms with E-state index in [4.69, 9.17) is 25.8 Å². The van der Waals surface area contributed by atoms with Crippen molar-refractivity contribution < 1.29 is 23.8 Å². The number of esters is 1. The van der Waals surface area contributed by atoms with E-state index in [2.05, 4.69) is 5.32 Å². The van der Waals surface area contributed by atoms with Crippen LogP contribution in [0.1, 0.15) is 48.2 Å². The molecule has 0 aromatic heterocycles. The van der Waals surface area contributed by atoms with Crippen molar-refractivity contribution in [2.75, 3.05) is 20.3 Å². The lowest BCUT2D eigenvalue weighted by molar-refractivity contribution is -0.136. The summed E-state index contributed by atoms with van der Waals surface area (Å²) in [5.74, 6) is -0.430. The van der Waals surface area contributed by atoms with Crippen molar-refractivity contribution in [3.63, 3.8) is 0 Å². The summed E-state index contributed by atoms with van der Waals surface area (Å²) < 4.78 is 16.6. The van der Waals surface area contributed by atoms with Gasteiger partial charge in [0, 0.05) is 28.3 Å². The molecule has 1 heterocycles. The van der Waals surface area contributed by atoms with E-state index in [9.17, 15) is 9.59 Å². The van der Waals surface area contributed by atoms with Gasteiger partial charge in [-0.1, -0.05) is 35.9 Å². The number of dihydropyridines is 1. The second kappa shape index (κ2) is 8.71. The van der Waals surface area contributed by atoms with Gasteiger partial charge in [-0.25, -0.2) is 4.79 Å². The Kier molecular flexibility index (Phi) is 5.98. The summed E-state index contributed by atoms with van der Waals surface area (Å²) in [6.07, 6.45) is 0. The second-order valence-electron chi connectivity index (χ2n) is 7.45. The summed E-state index contributed by atoms with van der Waals surface area (Å²) in [5, 5.41) is 3.61. The van der Waals surface area contributed by atoms with E-state index >= 15 is 0 Å². The van der Waals surface area contributed by atoms with Crippen molar-refractivity contribution in [1.82, 2.24) is 5.32 Å². The van der Waals surface area contributed by atoms with E-state index in [0.717, 1.165) is 5.56 Å². The number of hydrogen-bond acceptors (Lipinski definition) is 6. The SMILES string of the molecule is CCOc1cc([C@@H]2C(C(=O)OC)=C(C)NC3=C2C(=O)c2ccccc23)cc(Cl)c1OCC. The van der Waals surface area contributed by atoms with Gasteiger partial charge in [-0.3, -0.25) is 4.79 Å². The number of halogens is 1. The van der Waals surface area contributed by atoms with Crippen LogP contribution in [0.2, 0.25) is 5.02 Å². The number of carbonyl (C=O) groups is 2. The molecular weight excluding hydrogens is 430 g/mol. The molecule has 1 aliphatic carbocycles. The fourth-order valence-electron chi connectivity index (χ4n) is 4.34. The number of Topliss-reactive ketones (excluding diaryl/α,β-unsaturated/α-hetero) is 1. The molecule has 1 aliphatic heterocycles. The van der Waals surface area contributed by atoms with Crippen LogP contribution in [-0.4, -0.2) is 32.1 Å². The molecule has 2 aromatic carbocycles. The van der Waals surface area contributed by atoms with Gasteiger partial charge in [0.1, 0.15) is 0 Å². The zero-order valence-electron chi connectivity index (χ0n) is 18.4. The number of ketones is 1. The van der Waals surface area contributed by atoms with Crippen LogP contribution in [0.3, 0.4) is 0 Å². The maximum atomic E-state index is 13.5. The van der Waals surface area contributed by atoms with E-state index in [0.29, 0.717) is 63.4 Å². The topological polar surface area (TPSA) is 73.9 Å². The van der Waals surface area contributed by atoms with Gasteiger partial charge < -0.3 is 19.5 Å². The molecular formula is C25H24ClNO5. The molecule has 2 aromatic rings. The van der Waals surface area contributed by atoms with Crippen molar-refractivity contribution in [1.29, 1.82) is 0 Å². The summed E-state index contributed by atoms with van der Waals surface area (Å²) in [4.78, 5) is 26.3. The molecule has 2 aliphatic rings. The molecule has 0 spiro atoms. The van der Waals surface area contributed by atoms with Crippen molar-refractivity contribution in [3.8, 4) is 11.5 Å². The van der Waals surface area contributed by atoms with Gasteiger partial charge in [0.15, 0.2) is 17.3 Å². The van der Waals surface area contributed by atoms with Crippen LogP contribution in [0.15, 0.2) is 53.2 Å². The summed E-state index contributed by atoms with van der Waals surface area (Å²) in [6.45, 7) is 6.35. The number of nitrogens with one attached hydrogen (secondary N) is 1. The molecule has 0 fully saturated rings. The monoisotopic (exact) mass is 453 g/mol. The average molecular weight is 454 g/mol. The average Bonchev–Trinajstić information content (AvgIpc) is 3.06. The third-order valence-corrected chi connectivity index (χ3v) is 5.89. The number of ether oxygens (including phenoxy) is 3. The van der Waals surface area contributed by atoms with Crippen LogP contribution in [0, 0.1) is 0 Å². The second-order valence-corrected chi connectivity index (χ2v) is 7.85. The van der Waals surface area contributed by atoms with Crippen molar-refractivity contribution in [3.05, 3.63) is 75.0 Å². The van der Waals surface area contributed by atoms with Gasteiger partial charge >= 0.3 is 5.97 Å². The normalized spacial score (nSPS) is 17.0. The summed E-state index contributed by atoms with van der Waals surface area (Å²) in [6, 6.07) is 10.9. The largest absolute Gasteiger partial charge is 0.490 e. The lowest BCUT2D eigenvalue weighted by atomic mass is 9.79. The minimum Gasteiger partial charge on any atom is -0.490 e. The van der Waals surface area contributed by atoms with E-state index in [1.807, 2.05) is 32.0 Å². The third kappa shape index (κ3) is 3.45. The molecule has 4 rings (SSSR count). The Morgan fingerprint density at radius 1 is 1.09 bits per heavy atom. The predicted octanol–water partition coefficient (Wildman–Crippen LogP) is 4.88. The van der Waals surface area contributed by atoms with Crippen LogP contribution >= 0.6 is 11.6 Å². The highest BCUT2D eigenvalue weighted by Gasteiger charge is 2.43. The van der Waals surface area contributed by atoms with Gasteiger partial charge in [-0.05, 0) is 38.5 Å². The van der Waals surface area contributed by atoms with Gasteiger partial charge in [0.25, 0.3) is 0 Å². The fraction of sp³-hybridized carbons (Fsp3) is 0.280. The van der Waals surface area contributed by atoms with Crippen molar-refractivity contribution in [2.45, 2.75) is 26.7 Å². The molecule has 0 bridgehead atoms. The molecule has 0 radical (unpaired) electrons. The first kappa shape index (κ1) is 22.0. The number of fused-ring (bicyclic) bond motifs is 2. The Morgan fingerprint density at radius 2 is 1.78 bits per heavy atom. The molecule has 32 heavy (non-hydrogen) atoms. The smallest absolute Gasteiger partial charge is 0.336 e. The Hall–Kier alpha value is -3.25. The van der Waals surface area contributed by atoms with Crippen LogP contribution in [-0.2, 0) is 9.53 Å². The van der Waals surface area contributed by atoms with Crippen LogP contribution < -0.4 is 14.8 Å². The van der Waals surface area contributed by atoms with Gasteiger partial charge in [0.05, 0.1) is 36.6 Å². The van der Waals surface area contributed by atoms with E-state index in [1.54, 1.807) is 25.1 Å². The molecule has 0 saturated heterocycles. The third-order valence-electron chi connectivity index (χ3n) is 5.61. The summed E-state index contributed by atoms with van der Waals surface area (Å²) >= 11 is 6.58. The highest BCUT2D eigenvalue weighted by atomic mass is 35.5. The Morgan fingerprint density at radius 3 is 2.44 bits per heavy atom. The minimum absolute atomic E-state index is 0.134. The zero-order chi connectivity index (χ0) is 23.0. The molecule has 1 atom stereocenters. The maximum absolute atomic E-state index is 13.5. The standard InChI is InChI=1S/C25H24ClNO5/c1-5-31-18-12-14(11-17(26)24(18)32-6-2)20-19(25(29)30-4)13(3)27-22-15-9-7-8-10-16(15)23(28)21(20)22/h7-12,20,27H,5-6H2,1-4H3/t20-/m1/s1. The highest BCUT2D eigenvalue weighted by molar-refractivity contribution is 6.32. The molecule has 0 saturated carbocycles. The molecule has 1 N–H and O–H groups in total. The lowest BCUT2D eigenvalue weighted by Gasteiger charge is -2.29. The van der Waals surface area contributed by atoms with Crippen LogP contribution in [0.5, 0.6) is 11.5 Å². The van der Waals surface area contributed by atoms with E-state index < -0.39 is 11.9 Å². The number of rotatable bonds is 6. The van der Waals surface area contributed by atoms with Gasteiger partial charge in [-0.15, -0.1) is 0 Å². The van der Waals surface area contributed by atoms with Crippen molar-refractivity contribution in [2.24, 2.45) is 0 Å². The minimum atomic E-state index is -0.675. The number of allylic oxidation sites excluding steroid dienone is 2. The Labute approximate surface area is 191 Å². The van der Waals surface area contributed by atoms with Gasteiger partial charge in [-0.2, -0.15) is 0 Å². The van der Waals surface area contributed by atoms with Crippen LogP contribution in [0.4, 0.5) is 0 Å². The first-order chi connectivity index (χ1) is 15.4. The van der Waals surface area contributed by atoms with Crippen LogP contribution in [0.25, 0.3) is 5.70 Å². The lowest BCUT2D eigenvalue weighted by Crippen LogP contribution is -2.29. The fourth-order valence-corrected chi connectivity index (χ4v) is 4.62. The van der Waals surface area contributed by atoms with E-state index in [1.165, 1.54) is 7.11 Å². The summed E-state index contributed by atoms with van der Waals surface area (Å²) in [5.41, 5.74) is 4.21. The molecule has 7 heteroatoms. The molecule has 6 nitrogen and oxygen atoms in total. The first-order valence-corrected chi connectivity index (χ1v) is 10.8. The number of methoxy groups -OCH3 is 1. The van der Waals surface area contributed by atoms with E-state index in [-0.39, 0.29) is 5.78 Å². The zero-order valence-corrected chi connectivity index (χ0v) is 19.1. The molecule has 166 valence electrons. The van der Waals surface area contributed by atoms with Gasteiger partial charge in [0.2, 0.25) is 0 Å². The Balaban J connectivity index is 1.96. The quantitative estimate of drug-likeness (QED) is 0.628. The summed E-state index contributed by atoms with van der Waals surface area (Å²) in [7, 11) is 1.32.